The number of halogens is 1. The topological polar surface area (TPSA) is 86.7 Å². The molecule has 27 heavy (non-hydrogen) atoms. The van der Waals surface area contributed by atoms with Crippen molar-refractivity contribution in [3.8, 4) is 0 Å². The number of hydrogen-bond acceptors (Lipinski definition) is 6. The third-order valence-corrected chi connectivity index (χ3v) is 4.71. The van der Waals surface area contributed by atoms with Gasteiger partial charge >= 0.3 is 0 Å². The highest BCUT2D eigenvalue weighted by Gasteiger charge is 2.39. The summed E-state index contributed by atoms with van der Waals surface area (Å²) in [6, 6.07) is 5.62. The second-order valence-corrected chi connectivity index (χ2v) is 6.28. The van der Waals surface area contributed by atoms with Gasteiger partial charge in [-0.15, -0.1) is 0 Å². The van der Waals surface area contributed by atoms with Crippen molar-refractivity contribution in [2.24, 2.45) is 0 Å². The summed E-state index contributed by atoms with van der Waals surface area (Å²) in [4.78, 5) is 50.0. The minimum atomic E-state index is -0.766. The lowest BCUT2D eigenvalue weighted by Crippen LogP contribution is -2.52. The van der Waals surface area contributed by atoms with Crippen LogP contribution in [0.3, 0.4) is 0 Å². The van der Waals surface area contributed by atoms with Crippen LogP contribution in [0.15, 0.2) is 36.7 Å². The minimum absolute atomic E-state index is 0.00107. The highest BCUT2D eigenvalue weighted by molar-refractivity contribution is 6.22. The van der Waals surface area contributed by atoms with Gasteiger partial charge in [0.1, 0.15) is 12.4 Å². The smallest absolute Gasteiger partial charge is 0.265 e. The summed E-state index contributed by atoms with van der Waals surface area (Å²) in [5, 5.41) is 0. The predicted molar refractivity (Wildman–Crippen MR) is 92.6 cm³/mol. The van der Waals surface area contributed by atoms with Crippen molar-refractivity contribution in [2.75, 3.05) is 37.6 Å². The monoisotopic (exact) mass is 369 g/mol. The zero-order valence-corrected chi connectivity index (χ0v) is 14.3. The summed E-state index contributed by atoms with van der Waals surface area (Å²) in [6.07, 6.45) is 3.31. The molecule has 2 aliphatic rings. The standard InChI is InChI=1S/C18H16FN5O3/c19-13-4-1-3-12-15(13)17(27)24(16(12)26)11-14(25)22-7-9-23(10-8-22)18-20-5-2-6-21-18/h1-6H,7-11H2. The zero-order chi connectivity index (χ0) is 19.0. The fourth-order valence-corrected chi connectivity index (χ4v) is 3.28. The number of benzene rings is 1. The second-order valence-electron chi connectivity index (χ2n) is 6.28. The average Bonchev–Trinajstić information content (AvgIpc) is 2.94. The quantitative estimate of drug-likeness (QED) is 0.735. The number of carbonyl (C=O) groups is 3. The molecule has 0 saturated carbocycles. The molecule has 3 heterocycles. The Morgan fingerprint density at radius 2 is 1.70 bits per heavy atom. The van der Waals surface area contributed by atoms with Crippen molar-refractivity contribution in [1.82, 2.24) is 19.8 Å². The molecule has 1 aromatic heterocycles. The van der Waals surface area contributed by atoms with Crippen LogP contribution in [0.5, 0.6) is 0 Å². The molecule has 8 nitrogen and oxygen atoms in total. The normalized spacial score (nSPS) is 16.7. The molecule has 0 spiro atoms. The number of carbonyl (C=O) groups excluding carboxylic acids is 3. The van der Waals surface area contributed by atoms with Gasteiger partial charge in [0.25, 0.3) is 11.8 Å². The van der Waals surface area contributed by atoms with Gasteiger partial charge in [0.2, 0.25) is 11.9 Å². The van der Waals surface area contributed by atoms with E-state index in [1.807, 2.05) is 4.90 Å². The van der Waals surface area contributed by atoms with Crippen LogP contribution in [-0.4, -0.2) is 70.2 Å². The number of rotatable bonds is 3. The van der Waals surface area contributed by atoms with Gasteiger partial charge < -0.3 is 9.80 Å². The van der Waals surface area contributed by atoms with E-state index in [4.69, 9.17) is 0 Å². The zero-order valence-electron chi connectivity index (χ0n) is 14.3. The van der Waals surface area contributed by atoms with E-state index in [2.05, 4.69) is 9.97 Å². The Labute approximate surface area is 154 Å². The van der Waals surface area contributed by atoms with Gasteiger partial charge in [-0.3, -0.25) is 19.3 Å². The number of imide groups is 1. The van der Waals surface area contributed by atoms with E-state index in [0.717, 1.165) is 11.0 Å². The number of fused-ring (bicyclic) bond motifs is 1. The molecule has 4 rings (SSSR count). The molecule has 0 atom stereocenters. The van der Waals surface area contributed by atoms with E-state index in [9.17, 15) is 18.8 Å². The molecule has 1 fully saturated rings. The lowest BCUT2D eigenvalue weighted by molar-refractivity contribution is -0.131. The summed E-state index contributed by atoms with van der Waals surface area (Å²) in [6.45, 7) is 1.55. The van der Waals surface area contributed by atoms with Crippen LogP contribution in [0.25, 0.3) is 0 Å². The Balaban J connectivity index is 1.40. The molecule has 2 aromatic rings. The molecule has 9 heteroatoms. The van der Waals surface area contributed by atoms with Crippen molar-refractivity contribution < 1.29 is 18.8 Å². The Morgan fingerprint density at radius 3 is 2.37 bits per heavy atom. The molecule has 0 unspecified atom stereocenters. The van der Waals surface area contributed by atoms with Crippen molar-refractivity contribution in [2.45, 2.75) is 0 Å². The third kappa shape index (κ3) is 3.01. The Bertz CT molecular complexity index is 912. The summed E-state index contributed by atoms with van der Waals surface area (Å²) in [5.74, 6) is -1.91. The fourth-order valence-electron chi connectivity index (χ4n) is 3.28. The van der Waals surface area contributed by atoms with Crippen molar-refractivity contribution in [3.63, 3.8) is 0 Å². The molecular formula is C18H16FN5O3. The first-order chi connectivity index (χ1) is 13.1. The first kappa shape index (κ1) is 17.1. The van der Waals surface area contributed by atoms with Gasteiger partial charge in [-0.25, -0.2) is 14.4 Å². The molecule has 1 saturated heterocycles. The van der Waals surface area contributed by atoms with E-state index in [-0.39, 0.29) is 17.0 Å². The number of nitrogens with zero attached hydrogens (tertiary/aromatic N) is 5. The van der Waals surface area contributed by atoms with Gasteiger partial charge in [0.15, 0.2) is 0 Å². The van der Waals surface area contributed by atoms with Gasteiger partial charge in [0.05, 0.1) is 11.1 Å². The lowest BCUT2D eigenvalue weighted by Gasteiger charge is -2.35. The van der Waals surface area contributed by atoms with Crippen LogP contribution in [0.2, 0.25) is 0 Å². The molecular weight excluding hydrogens is 353 g/mol. The SMILES string of the molecule is O=C(CN1C(=O)c2cccc(F)c2C1=O)N1CCN(c2ncccn2)CC1. The van der Waals surface area contributed by atoms with Gasteiger partial charge in [-0.2, -0.15) is 0 Å². The molecule has 0 N–H and O–H groups in total. The number of aromatic nitrogens is 2. The van der Waals surface area contributed by atoms with E-state index in [1.165, 1.54) is 12.1 Å². The highest BCUT2D eigenvalue weighted by Crippen LogP contribution is 2.25. The molecule has 3 amide bonds. The van der Waals surface area contributed by atoms with Crippen LogP contribution in [0, 0.1) is 5.82 Å². The molecule has 0 aliphatic carbocycles. The summed E-state index contributed by atoms with van der Waals surface area (Å²) in [7, 11) is 0. The third-order valence-electron chi connectivity index (χ3n) is 4.71. The number of anilines is 1. The van der Waals surface area contributed by atoms with Crippen molar-refractivity contribution in [3.05, 3.63) is 53.6 Å². The van der Waals surface area contributed by atoms with Crippen LogP contribution in [0.4, 0.5) is 10.3 Å². The summed E-state index contributed by atoms with van der Waals surface area (Å²) < 4.78 is 13.9. The van der Waals surface area contributed by atoms with Crippen LogP contribution < -0.4 is 4.90 Å². The number of piperazine rings is 1. The minimum Gasteiger partial charge on any atom is -0.338 e. The van der Waals surface area contributed by atoms with Gasteiger partial charge in [-0.1, -0.05) is 6.07 Å². The van der Waals surface area contributed by atoms with E-state index in [1.54, 1.807) is 23.4 Å². The maximum Gasteiger partial charge on any atom is 0.265 e. The van der Waals surface area contributed by atoms with Crippen molar-refractivity contribution in [1.29, 1.82) is 0 Å². The van der Waals surface area contributed by atoms with Crippen LogP contribution in [0.1, 0.15) is 20.7 Å². The second kappa shape index (κ2) is 6.75. The van der Waals surface area contributed by atoms with Gasteiger partial charge in [-0.05, 0) is 18.2 Å². The average molecular weight is 369 g/mol. The van der Waals surface area contributed by atoms with E-state index in [0.29, 0.717) is 32.1 Å². The first-order valence-electron chi connectivity index (χ1n) is 8.50. The Hall–Kier alpha value is -3.36. The van der Waals surface area contributed by atoms with Gasteiger partial charge in [0, 0.05) is 38.6 Å². The molecule has 0 bridgehead atoms. The Morgan fingerprint density at radius 1 is 1.00 bits per heavy atom. The summed E-state index contributed by atoms with van der Waals surface area (Å²) in [5.41, 5.74) is -0.264. The van der Waals surface area contributed by atoms with E-state index >= 15 is 0 Å². The highest BCUT2D eigenvalue weighted by atomic mass is 19.1. The van der Waals surface area contributed by atoms with Crippen LogP contribution >= 0.6 is 0 Å². The van der Waals surface area contributed by atoms with Crippen molar-refractivity contribution >= 4 is 23.7 Å². The van der Waals surface area contributed by atoms with Crippen LogP contribution in [-0.2, 0) is 4.79 Å². The molecule has 0 radical (unpaired) electrons. The molecule has 138 valence electrons. The maximum absolute atomic E-state index is 13.9. The largest absolute Gasteiger partial charge is 0.338 e. The number of hydrogen-bond donors (Lipinski definition) is 0. The first-order valence-corrected chi connectivity index (χ1v) is 8.50. The number of amides is 3. The van der Waals surface area contributed by atoms with E-state index < -0.39 is 24.2 Å². The Kier molecular flexibility index (Phi) is 4.27. The molecule has 2 aliphatic heterocycles. The predicted octanol–water partition coefficient (Wildman–Crippen LogP) is 0.561. The lowest BCUT2D eigenvalue weighted by atomic mass is 10.1. The fraction of sp³-hybridized carbons (Fsp3) is 0.278. The molecule has 1 aromatic carbocycles. The summed E-state index contributed by atoms with van der Waals surface area (Å²) >= 11 is 0. The maximum atomic E-state index is 13.9.